The van der Waals surface area contributed by atoms with Crippen LogP contribution in [0.25, 0.3) is 55.0 Å². The van der Waals surface area contributed by atoms with E-state index in [1.54, 1.807) is 0 Å². The largest absolute Gasteiger partial charge is 0.454 e. The smallest absolute Gasteiger partial charge is 0.153 e. The van der Waals surface area contributed by atoms with E-state index in [2.05, 4.69) is 158 Å². The first-order valence-corrected chi connectivity index (χ1v) is 15.5. The highest BCUT2D eigenvalue weighted by molar-refractivity contribution is 6.19. The predicted octanol–water partition coefficient (Wildman–Crippen LogP) is 11.6. The first kappa shape index (κ1) is 25.8. The molecule has 1 aliphatic rings. The normalized spacial score (nSPS) is 13.3. The first-order valence-electron chi connectivity index (χ1n) is 15.5. The average molecular weight is 579 g/mol. The highest BCUT2D eigenvalue weighted by atomic mass is 16.3. The van der Waals surface area contributed by atoms with Crippen molar-refractivity contribution in [3.8, 4) is 22.3 Å². The van der Waals surface area contributed by atoms with Crippen molar-refractivity contribution in [3.05, 3.63) is 157 Å². The van der Waals surface area contributed by atoms with Crippen LogP contribution in [-0.2, 0) is 5.41 Å². The molecule has 0 saturated heterocycles. The molecular formula is C42H30N2O. The van der Waals surface area contributed by atoms with Crippen molar-refractivity contribution >= 4 is 49.9 Å². The van der Waals surface area contributed by atoms with Gasteiger partial charge in [-0.3, -0.25) is 4.90 Å². The van der Waals surface area contributed by atoms with Crippen LogP contribution in [0, 0.1) is 0 Å². The van der Waals surface area contributed by atoms with Gasteiger partial charge in [-0.15, -0.1) is 0 Å². The molecule has 0 atom stereocenters. The van der Waals surface area contributed by atoms with Gasteiger partial charge in [0.05, 0.1) is 6.20 Å². The second kappa shape index (κ2) is 9.67. The number of rotatable bonds is 4. The standard InChI is InChI=1S/C42H30N2O/c1-42(2)36-15-9-8-14-33(36)34-24-31(21-22-37(34)42)44(30-19-16-28(17-20-30)27-10-4-3-5-11-27)40-25-35-39(26-43-40)45-38-23-18-29-12-6-7-13-32(29)41(35)38/h3-26H,1-2H3. The van der Waals surface area contributed by atoms with Crippen molar-refractivity contribution in [1.82, 2.24) is 4.98 Å². The van der Waals surface area contributed by atoms with Gasteiger partial charge in [0.15, 0.2) is 5.58 Å². The topological polar surface area (TPSA) is 29.3 Å². The SMILES string of the molecule is CC1(C)c2ccccc2-c2cc(N(c3ccc(-c4ccccc4)cc3)c3cc4c(cn3)oc3ccc5ccccc5c34)ccc21. The lowest BCUT2D eigenvalue weighted by Crippen LogP contribution is -2.15. The molecule has 8 aromatic rings. The molecule has 0 aliphatic heterocycles. The minimum Gasteiger partial charge on any atom is -0.454 e. The van der Waals surface area contributed by atoms with Crippen LogP contribution >= 0.6 is 0 Å². The molecule has 0 bridgehead atoms. The van der Waals surface area contributed by atoms with E-state index in [1.807, 2.05) is 6.20 Å². The maximum absolute atomic E-state index is 6.31. The Morgan fingerprint density at radius 3 is 2.13 bits per heavy atom. The molecule has 45 heavy (non-hydrogen) atoms. The number of pyridine rings is 1. The number of fused-ring (bicyclic) bond motifs is 8. The van der Waals surface area contributed by atoms with Crippen LogP contribution in [0.1, 0.15) is 25.0 Å². The summed E-state index contributed by atoms with van der Waals surface area (Å²) in [6, 6.07) is 49.8. The summed E-state index contributed by atoms with van der Waals surface area (Å²) in [7, 11) is 0. The van der Waals surface area contributed by atoms with Crippen molar-refractivity contribution in [2.75, 3.05) is 4.90 Å². The van der Waals surface area contributed by atoms with Crippen molar-refractivity contribution < 1.29 is 4.42 Å². The van der Waals surface area contributed by atoms with E-state index in [1.165, 1.54) is 44.2 Å². The molecule has 0 N–H and O–H groups in total. The Bertz CT molecular complexity index is 2400. The highest BCUT2D eigenvalue weighted by Gasteiger charge is 2.35. The van der Waals surface area contributed by atoms with E-state index in [0.29, 0.717) is 0 Å². The third-order valence-electron chi connectivity index (χ3n) is 9.52. The molecule has 0 saturated carbocycles. The Hall–Kier alpha value is -5.67. The quantitative estimate of drug-likeness (QED) is 0.208. The number of furan rings is 1. The van der Waals surface area contributed by atoms with E-state index in [-0.39, 0.29) is 5.41 Å². The fourth-order valence-electron chi connectivity index (χ4n) is 7.26. The molecule has 2 aromatic heterocycles. The summed E-state index contributed by atoms with van der Waals surface area (Å²) in [4.78, 5) is 7.28. The molecule has 0 fully saturated rings. The van der Waals surface area contributed by atoms with Gasteiger partial charge in [0.2, 0.25) is 0 Å². The van der Waals surface area contributed by atoms with E-state index in [0.717, 1.165) is 39.1 Å². The fraction of sp³-hybridized carbons (Fsp3) is 0.0714. The molecule has 3 nitrogen and oxygen atoms in total. The molecule has 9 rings (SSSR count). The third-order valence-corrected chi connectivity index (χ3v) is 9.52. The summed E-state index contributed by atoms with van der Waals surface area (Å²) in [5, 5.41) is 4.56. The number of benzene rings is 6. The highest BCUT2D eigenvalue weighted by Crippen LogP contribution is 2.50. The van der Waals surface area contributed by atoms with Crippen LogP contribution in [0.2, 0.25) is 0 Å². The average Bonchev–Trinajstić information content (AvgIpc) is 3.58. The summed E-state index contributed by atoms with van der Waals surface area (Å²) in [5.41, 5.74) is 11.4. The molecule has 0 radical (unpaired) electrons. The summed E-state index contributed by atoms with van der Waals surface area (Å²) in [5.74, 6) is 0.844. The molecule has 0 spiro atoms. The Morgan fingerprint density at radius 2 is 1.27 bits per heavy atom. The lowest BCUT2D eigenvalue weighted by Gasteiger charge is -2.26. The maximum atomic E-state index is 6.31. The number of aromatic nitrogens is 1. The van der Waals surface area contributed by atoms with Gasteiger partial charge in [0.25, 0.3) is 0 Å². The van der Waals surface area contributed by atoms with Gasteiger partial charge in [-0.1, -0.05) is 117 Å². The summed E-state index contributed by atoms with van der Waals surface area (Å²) in [6.07, 6.45) is 1.87. The second-order valence-electron chi connectivity index (χ2n) is 12.4. The Morgan fingerprint density at radius 1 is 0.556 bits per heavy atom. The van der Waals surface area contributed by atoms with Crippen molar-refractivity contribution in [2.24, 2.45) is 0 Å². The van der Waals surface area contributed by atoms with Crippen LogP contribution in [-0.4, -0.2) is 4.98 Å². The molecule has 6 aromatic carbocycles. The van der Waals surface area contributed by atoms with Crippen LogP contribution in [0.15, 0.2) is 150 Å². The van der Waals surface area contributed by atoms with Crippen LogP contribution in [0.3, 0.4) is 0 Å². The summed E-state index contributed by atoms with van der Waals surface area (Å²) >= 11 is 0. The molecule has 0 amide bonds. The summed E-state index contributed by atoms with van der Waals surface area (Å²) in [6.45, 7) is 4.64. The third kappa shape index (κ3) is 3.94. The molecule has 1 aliphatic carbocycles. The molecule has 214 valence electrons. The summed E-state index contributed by atoms with van der Waals surface area (Å²) < 4.78 is 6.31. The van der Waals surface area contributed by atoms with Crippen molar-refractivity contribution in [2.45, 2.75) is 19.3 Å². The minimum atomic E-state index is -0.0550. The second-order valence-corrected chi connectivity index (χ2v) is 12.4. The lowest BCUT2D eigenvalue weighted by molar-refractivity contribution is 0.660. The van der Waals surface area contributed by atoms with E-state index < -0.39 is 0 Å². The zero-order valence-corrected chi connectivity index (χ0v) is 25.2. The lowest BCUT2D eigenvalue weighted by atomic mass is 9.82. The van der Waals surface area contributed by atoms with Crippen molar-refractivity contribution in [3.63, 3.8) is 0 Å². The maximum Gasteiger partial charge on any atom is 0.153 e. The Kier molecular flexibility index (Phi) is 5.54. The number of hydrogen-bond acceptors (Lipinski definition) is 3. The molecule has 0 unspecified atom stereocenters. The molecular weight excluding hydrogens is 548 g/mol. The van der Waals surface area contributed by atoms with Gasteiger partial charge in [-0.2, -0.15) is 0 Å². The minimum absolute atomic E-state index is 0.0550. The van der Waals surface area contributed by atoms with E-state index in [4.69, 9.17) is 9.40 Å². The number of anilines is 3. The van der Waals surface area contributed by atoms with Gasteiger partial charge in [-0.25, -0.2) is 4.98 Å². The van der Waals surface area contributed by atoms with Gasteiger partial charge < -0.3 is 4.42 Å². The first-order chi connectivity index (χ1) is 22.1. The van der Waals surface area contributed by atoms with Gasteiger partial charge >= 0.3 is 0 Å². The van der Waals surface area contributed by atoms with Crippen LogP contribution in [0.5, 0.6) is 0 Å². The van der Waals surface area contributed by atoms with Crippen LogP contribution < -0.4 is 4.90 Å². The molecule has 3 heteroatoms. The van der Waals surface area contributed by atoms with Gasteiger partial charge in [0, 0.05) is 27.6 Å². The monoisotopic (exact) mass is 578 g/mol. The zero-order chi connectivity index (χ0) is 30.1. The van der Waals surface area contributed by atoms with Gasteiger partial charge in [0.1, 0.15) is 11.4 Å². The molecule has 2 heterocycles. The van der Waals surface area contributed by atoms with E-state index in [9.17, 15) is 0 Å². The number of hydrogen-bond donors (Lipinski definition) is 0. The number of nitrogens with zero attached hydrogens (tertiary/aromatic N) is 2. The fourth-order valence-corrected chi connectivity index (χ4v) is 7.26. The Labute approximate surface area is 262 Å². The van der Waals surface area contributed by atoms with E-state index >= 15 is 0 Å². The van der Waals surface area contributed by atoms with Gasteiger partial charge in [-0.05, 0) is 80.6 Å². The van der Waals surface area contributed by atoms with Crippen LogP contribution in [0.4, 0.5) is 17.2 Å². The zero-order valence-electron chi connectivity index (χ0n) is 25.2. The Balaban J connectivity index is 1.26. The predicted molar refractivity (Wildman–Crippen MR) is 187 cm³/mol. The van der Waals surface area contributed by atoms with Crippen molar-refractivity contribution in [1.29, 1.82) is 0 Å².